The Bertz CT molecular complexity index is 1470. The van der Waals surface area contributed by atoms with E-state index < -0.39 is 24.4 Å². The lowest BCUT2D eigenvalue weighted by atomic mass is 10.1. The third kappa shape index (κ3) is 6.83. The van der Waals surface area contributed by atoms with Gasteiger partial charge in [0.25, 0.3) is 5.91 Å². The lowest BCUT2D eigenvalue weighted by Gasteiger charge is -2.28. The molecule has 11 heteroatoms. The molecule has 1 N–H and O–H groups in total. The zero-order valence-corrected chi connectivity index (χ0v) is 22.4. The Morgan fingerprint density at radius 1 is 1.13 bits per heavy atom. The highest BCUT2D eigenvalue weighted by Gasteiger charge is 2.34. The zero-order chi connectivity index (χ0) is 27.7. The van der Waals surface area contributed by atoms with E-state index in [1.807, 2.05) is 41.8 Å². The van der Waals surface area contributed by atoms with Crippen molar-refractivity contribution in [1.29, 1.82) is 0 Å². The van der Waals surface area contributed by atoms with Crippen LogP contribution < -0.4 is 5.32 Å². The Balaban J connectivity index is 1.39. The topological polar surface area (TPSA) is 75.9 Å². The second-order valence-corrected chi connectivity index (χ2v) is 11.1. The van der Waals surface area contributed by atoms with E-state index in [2.05, 4.69) is 11.4 Å². The van der Waals surface area contributed by atoms with Crippen LogP contribution in [0, 0.1) is 6.92 Å². The van der Waals surface area contributed by atoms with Gasteiger partial charge in [0.1, 0.15) is 12.1 Å². The summed E-state index contributed by atoms with van der Waals surface area (Å²) in [7, 11) is 0. The van der Waals surface area contributed by atoms with Gasteiger partial charge in [0.2, 0.25) is 0 Å². The summed E-state index contributed by atoms with van der Waals surface area (Å²) in [5.74, 6) is -0.349. The average molecular weight is 547 g/mol. The van der Waals surface area contributed by atoms with E-state index in [0.29, 0.717) is 10.5 Å². The molecule has 202 valence electrons. The summed E-state index contributed by atoms with van der Waals surface area (Å²) in [4.78, 5) is 31.0. The summed E-state index contributed by atoms with van der Waals surface area (Å²) in [6.07, 6.45) is -3.49. The number of rotatable bonds is 7. The number of hydrogen-bond donors (Lipinski definition) is 1. The summed E-state index contributed by atoms with van der Waals surface area (Å²) in [5.41, 5.74) is 3.49. The maximum absolute atomic E-state index is 12.9. The molecule has 0 aliphatic heterocycles. The molecule has 0 saturated heterocycles. The molecule has 0 radical (unpaired) electrons. The quantitative estimate of drug-likeness (QED) is 0.271. The molecule has 0 spiro atoms. The first kappa shape index (κ1) is 27.4. The highest BCUT2D eigenvalue weighted by Crippen LogP contribution is 2.30. The van der Waals surface area contributed by atoms with Crippen molar-refractivity contribution in [3.8, 4) is 11.3 Å². The second-order valence-electron chi connectivity index (χ2n) is 10.1. The normalized spacial score (nSPS) is 12.2. The molecule has 0 aliphatic carbocycles. The molecular formula is C27H29F3N4O3S. The van der Waals surface area contributed by atoms with E-state index in [4.69, 9.17) is 9.72 Å². The first-order chi connectivity index (χ1) is 17.8. The van der Waals surface area contributed by atoms with Crippen LogP contribution in [0.3, 0.4) is 0 Å². The van der Waals surface area contributed by atoms with Gasteiger partial charge in [-0.05, 0) is 58.4 Å². The maximum Gasteiger partial charge on any atom is 0.410 e. The van der Waals surface area contributed by atoms with Gasteiger partial charge in [-0.3, -0.25) is 14.1 Å². The number of alkyl halides is 3. The fourth-order valence-corrected chi connectivity index (χ4v) is 4.98. The predicted octanol–water partition coefficient (Wildman–Crippen LogP) is 6.44. The molecule has 2 aromatic heterocycles. The zero-order valence-electron chi connectivity index (χ0n) is 21.6. The van der Waals surface area contributed by atoms with Crippen LogP contribution in [0.5, 0.6) is 0 Å². The monoisotopic (exact) mass is 546 g/mol. The minimum atomic E-state index is -4.56. The van der Waals surface area contributed by atoms with Crippen LogP contribution in [0.2, 0.25) is 0 Å². The van der Waals surface area contributed by atoms with Gasteiger partial charge in [-0.1, -0.05) is 35.1 Å². The highest BCUT2D eigenvalue weighted by atomic mass is 32.1. The largest absolute Gasteiger partial charge is 0.444 e. The fraction of sp³-hybridized carbons (Fsp3) is 0.370. The van der Waals surface area contributed by atoms with Gasteiger partial charge >= 0.3 is 12.3 Å². The number of benzene rings is 2. The Hall–Kier alpha value is -3.60. The Kier molecular flexibility index (Phi) is 7.68. The van der Waals surface area contributed by atoms with Gasteiger partial charge in [0.05, 0.1) is 15.9 Å². The van der Waals surface area contributed by atoms with Crippen LogP contribution in [0.15, 0.2) is 48.7 Å². The molecule has 2 aromatic carbocycles. The minimum Gasteiger partial charge on any atom is -0.444 e. The van der Waals surface area contributed by atoms with Crippen LogP contribution >= 0.6 is 11.3 Å². The number of halogens is 3. The summed E-state index contributed by atoms with van der Waals surface area (Å²) >= 11 is 1.47. The van der Waals surface area contributed by atoms with Crippen molar-refractivity contribution in [2.75, 3.05) is 19.6 Å². The molecule has 0 saturated carbocycles. The van der Waals surface area contributed by atoms with Crippen molar-refractivity contribution >= 4 is 38.5 Å². The van der Waals surface area contributed by atoms with Crippen molar-refractivity contribution in [3.05, 3.63) is 59.8 Å². The van der Waals surface area contributed by atoms with Gasteiger partial charge < -0.3 is 10.1 Å². The summed E-state index contributed by atoms with van der Waals surface area (Å²) in [6, 6.07) is 13.4. The molecule has 2 heterocycles. The van der Waals surface area contributed by atoms with Gasteiger partial charge in [0, 0.05) is 30.4 Å². The fourth-order valence-electron chi connectivity index (χ4n) is 3.94. The Morgan fingerprint density at radius 3 is 2.58 bits per heavy atom. The molecule has 0 aliphatic rings. The smallest absolute Gasteiger partial charge is 0.410 e. The summed E-state index contributed by atoms with van der Waals surface area (Å²) in [6.45, 7) is 5.26. The molecular weight excluding hydrogens is 517 g/mol. The average Bonchev–Trinajstić information content (AvgIpc) is 3.36. The third-order valence-electron chi connectivity index (χ3n) is 5.58. The number of hydrogen-bond acceptors (Lipinski definition) is 5. The van der Waals surface area contributed by atoms with Gasteiger partial charge in [-0.15, -0.1) is 0 Å². The summed E-state index contributed by atoms with van der Waals surface area (Å²) < 4.78 is 46.8. The van der Waals surface area contributed by atoms with E-state index in [1.165, 1.54) is 11.3 Å². The lowest BCUT2D eigenvalue weighted by molar-refractivity contribution is -0.144. The maximum atomic E-state index is 12.9. The molecule has 0 atom stereocenters. The molecule has 0 bridgehead atoms. The Labute approximate surface area is 222 Å². The number of nitrogens with one attached hydrogen (secondary N) is 1. The standard InChI is InChI=1S/C27H29F3N4O3S/c1-17-7-5-8-18(13-17)20-15-34-21-10-9-19(14-22(21)38-24(34)32-20)23(35)31-11-6-12-33(16-27(28,29)30)25(36)37-26(2,3)4/h5,7-10,13-15H,6,11-12,16H2,1-4H3,(H,31,35). The number of aryl methyl sites for hydroxylation is 1. The van der Waals surface area contributed by atoms with Gasteiger partial charge in [-0.2, -0.15) is 13.2 Å². The van der Waals surface area contributed by atoms with E-state index in [9.17, 15) is 22.8 Å². The molecule has 4 aromatic rings. The van der Waals surface area contributed by atoms with Crippen molar-refractivity contribution in [3.63, 3.8) is 0 Å². The number of nitrogens with zero attached hydrogens (tertiary/aromatic N) is 3. The minimum absolute atomic E-state index is 0.0988. The van der Waals surface area contributed by atoms with Crippen LogP contribution in [-0.2, 0) is 4.74 Å². The number of carbonyl (C=O) groups is 2. The molecule has 4 rings (SSSR count). The third-order valence-corrected chi connectivity index (χ3v) is 6.60. The Morgan fingerprint density at radius 2 is 1.89 bits per heavy atom. The number of aromatic nitrogens is 2. The first-order valence-electron chi connectivity index (χ1n) is 12.1. The first-order valence-corrected chi connectivity index (χ1v) is 12.9. The molecule has 38 heavy (non-hydrogen) atoms. The molecule has 0 unspecified atom stereocenters. The van der Waals surface area contributed by atoms with Crippen LogP contribution in [0.4, 0.5) is 18.0 Å². The van der Waals surface area contributed by atoms with E-state index in [-0.39, 0.29) is 25.4 Å². The number of imidazole rings is 1. The van der Waals surface area contributed by atoms with Crippen molar-refractivity contribution < 1.29 is 27.5 Å². The van der Waals surface area contributed by atoms with E-state index in [1.54, 1.807) is 32.9 Å². The van der Waals surface area contributed by atoms with E-state index in [0.717, 1.165) is 32.0 Å². The van der Waals surface area contributed by atoms with Gasteiger partial charge in [0.15, 0.2) is 4.96 Å². The molecule has 7 nitrogen and oxygen atoms in total. The van der Waals surface area contributed by atoms with Crippen LogP contribution in [0.25, 0.3) is 26.4 Å². The van der Waals surface area contributed by atoms with Crippen molar-refractivity contribution in [1.82, 2.24) is 19.6 Å². The lowest BCUT2D eigenvalue weighted by Crippen LogP contribution is -2.43. The summed E-state index contributed by atoms with van der Waals surface area (Å²) in [5, 5.41) is 2.72. The van der Waals surface area contributed by atoms with Crippen molar-refractivity contribution in [2.24, 2.45) is 0 Å². The highest BCUT2D eigenvalue weighted by molar-refractivity contribution is 7.23. The SMILES string of the molecule is Cc1cccc(-c2cn3c(n2)sc2cc(C(=O)NCCCN(CC(F)(F)F)C(=O)OC(C)(C)C)ccc23)c1. The second kappa shape index (κ2) is 10.6. The molecule has 0 fully saturated rings. The number of amides is 2. The number of fused-ring (bicyclic) bond motifs is 3. The number of ether oxygens (including phenoxy) is 1. The van der Waals surface area contributed by atoms with Crippen LogP contribution in [-0.4, -0.2) is 57.7 Å². The molecule has 2 amide bonds. The van der Waals surface area contributed by atoms with E-state index >= 15 is 0 Å². The van der Waals surface area contributed by atoms with Gasteiger partial charge in [-0.25, -0.2) is 9.78 Å². The predicted molar refractivity (Wildman–Crippen MR) is 142 cm³/mol. The van der Waals surface area contributed by atoms with Crippen LogP contribution in [0.1, 0.15) is 43.1 Å². The van der Waals surface area contributed by atoms with Crippen molar-refractivity contribution in [2.45, 2.75) is 45.9 Å². The number of carbonyl (C=O) groups excluding carboxylic acids is 2. The number of thiazole rings is 1.